The third kappa shape index (κ3) is 4.37. The van der Waals surface area contributed by atoms with Crippen LogP contribution in [0.25, 0.3) is 11.2 Å². The normalized spacial score (nSPS) is 19.3. The van der Waals surface area contributed by atoms with E-state index in [0.717, 1.165) is 52.8 Å². The summed E-state index contributed by atoms with van der Waals surface area (Å²) < 4.78 is 8.21. The molecule has 0 aliphatic heterocycles. The van der Waals surface area contributed by atoms with Crippen molar-refractivity contribution in [3.05, 3.63) is 29.0 Å². The zero-order chi connectivity index (χ0) is 21.3. The minimum Gasteiger partial charge on any atom is -0.496 e. The Kier molecular flexibility index (Phi) is 6.10. The number of hydrogen-bond donors (Lipinski definition) is 3. The molecule has 0 amide bonds. The number of aliphatic hydroxyl groups is 1. The maximum Gasteiger partial charge on any atom is 0.227 e. The summed E-state index contributed by atoms with van der Waals surface area (Å²) in [5.74, 6) is 1.98. The first-order valence-electron chi connectivity index (χ1n) is 10.2. The quantitative estimate of drug-likeness (QED) is 0.478. The van der Waals surface area contributed by atoms with E-state index in [1.54, 1.807) is 13.4 Å². The number of fused-ring (bicyclic) bond motifs is 1. The van der Waals surface area contributed by atoms with E-state index in [9.17, 15) is 5.11 Å². The molecule has 4 rings (SSSR count). The molecule has 1 saturated carbocycles. The second-order valence-electron chi connectivity index (χ2n) is 7.94. The van der Waals surface area contributed by atoms with E-state index in [1.165, 1.54) is 0 Å². The zero-order valence-corrected chi connectivity index (χ0v) is 19.0. The fourth-order valence-corrected chi connectivity index (χ4v) is 4.27. The summed E-state index contributed by atoms with van der Waals surface area (Å²) in [7, 11) is 1.64. The van der Waals surface area contributed by atoms with Gasteiger partial charge in [-0.1, -0.05) is 0 Å². The van der Waals surface area contributed by atoms with Crippen molar-refractivity contribution < 1.29 is 9.84 Å². The van der Waals surface area contributed by atoms with Crippen molar-refractivity contribution in [1.29, 1.82) is 0 Å². The van der Waals surface area contributed by atoms with E-state index in [2.05, 4.69) is 45.4 Å². The summed E-state index contributed by atoms with van der Waals surface area (Å²) in [6.45, 7) is 4.21. The number of aliphatic hydroxyl groups excluding tert-OH is 1. The highest BCUT2D eigenvalue weighted by molar-refractivity contribution is 9.10. The molecule has 3 N–H and O–H groups in total. The van der Waals surface area contributed by atoms with Gasteiger partial charge in [0, 0.05) is 17.8 Å². The van der Waals surface area contributed by atoms with Gasteiger partial charge in [-0.3, -0.25) is 0 Å². The third-order valence-electron chi connectivity index (χ3n) is 5.42. The standard InChI is InChI=1S/C21H27BrN6O2/c1-12(2)28-11-23-18-19(24-14-6-9-17(30-3)16(22)10-14)26-21(27-20(18)28)25-13-4-7-15(29)8-5-13/h6,9-13,15,29H,4-5,7-8H2,1-3H3,(H2,24,25,26,27). The van der Waals surface area contributed by atoms with Crippen LogP contribution in [0.1, 0.15) is 45.6 Å². The molecule has 2 heterocycles. The molecule has 9 heteroatoms. The molecule has 0 bridgehead atoms. The maximum atomic E-state index is 9.78. The Morgan fingerprint density at radius 1 is 1.20 bits per heavy atom. The first-order chi connectivity index (χ1) is 14.4. The monoisotopic (exact) mass is 474 g/mol. The molecule has 0 spiro atoms. The number of aromatic nitrogens is 4. The van der Waals surface area contributed by atoms with E-state index in [1.807, 2.05) is 22.8 Å². The van der Waals surface area contributed by atoms with Crippen LogP contribution >= 0.6 is 15.9 Å². The maximum absolute atomic E-state index is 9.78. The Morgan fingerprint density at radius 2 is 1.97 bits per heavy atom. The van der Waals surface area contributed by atoms with E-state index in [0.29, 0.717) is 11.8 Å². The van der Waals surface area contributed by atoms with Crippen LogP contribution in [0.3, 0.4) is 0 Å². The van der Waals surface area contributed by atoms with Crippen LogP contribution in [0, 0.1) is 0 Å². The van der Waals surface area contributed by atoms with Crippen LogP contribution in [-0.2, 0) is 0 Å². The molecule has 0 radical (unpaired) electrons. The fraction of sp³-hybridized carbons (Fsp3) is 0.476. The van der Waals surface area contributed by atoms with Gasteiger partial charge in [0.15, 0.2) is 17.0 Å². The smallest absolute Gasteiger partial charge is 0.227 e. The molecule has 1 aliphatic carbocycles. The van der Waals surface area contributed by atoms with Crippen molar-refractivity contribution in [3.8, 4) is 5.75 Å². The fourth-order valence-electron chi connectivity index (χ4n) is 3.73. The van der Waals surface area contributed by atoms with Gasteiger partial charge in [0.05, 0.1) is 24.0 Å². The number of anilines is 3. The predicted molar refractivity (Wildman–Crippen MR) is 122 cm³/mol. The highest BCUT2D eigenvalue weighted by atomic mass is 79.9. The Bertz CT molecular complexity index is 1030. The Morgan fingerprint density at radius 3 is 2.63 bits per heavy atom. The van der Waals surface area contributed by atoms with Crippen LogP contribution in [0.5, 0.6) is 5.75 Å². The lowest BCUT2D eigenvalue weighted by atomic mass is 9.93. The van der Waals surface area contributed by atoms with Crippen LogP contribution in [0.4, 0.5) is 17.5 Å². The number of hydrogen-bond acceptors (Lipinski definition) is 7. The highest BCUT2D eigenvalue weighted by Crippen LogP contribution is 2.31. The summed E-state index contributed by atoms with van der Waals surface area (Å²) >= 11 is 3.53. The lowest BCUT2D eigenvalue weighted by molar-refractivity contribution is 0.126. The molecule has 8 nitrogen and oxygen atoms in total. The van der Waals surface area contributed by atoms with Crippen molar-refractivity contribution in [1.82, 2.24) is 19.5 Å². The van der Waals surface area contributed by atoms with Crippen LogP contribution in [-0.4, -0.2) is 43.9 Å². The topological polar surface area (TPSA) is 97.1 Å². The van der Waals surface area contributed by atoms with E-state index in [-0.39, 0.29) is 18.2 Å². The number of nitrogens with zero attached hydrogens (tertiary/aromatic N) is 4. The predicted octanol–water partition coefficient (Wildman–Crippen LogP) is 4.64. The van der Waals surface area contributed by atoms with E-state index < -0.39 is 0 Å². The molecule has 2 aromatic heterocycles. The van der Waals surface area contributed by atoms with Crippen LogP contribution in [0.2, 0.25) is 0 Å². The molecule has 1 aromatic carbocycles. The Labute approximate surface area is 184 Å². The average molecular weight is 475 g/mol. The van der Waals surface area contributed by atoms with Crippen molar-refractivity contribution >= 4 is 44.5 Å². The first-order valence-corrected chi connectivity index (χ1v) is 11.0. The summed E-state index contributed by atoms with van der Waals surface area (Å²) in [6, 6.07) is 6.26. The van der Waals surface area contributed by atoms with Gasteiger partial charge in [0.1, 0.15) is 5.75 Å². The van der Waals surface area contributed by atoms with Crippen molar-refractivity contribution in [2.24, 2.45) is 0 Å². The summed E-state index contributed by atoms with van der Waals surface area (Å²) in [5.41, 5.74) is 2.38. The number of ether oxygens (including phenoxy) is 1. The van der Waals surface area contributed by atoms with Gasteiger partial charge in [-0.05, 0) is 73.7 Å². The molecule has 160 valence electrons. The molecule has 30 heavy (non-hydrogen) atoms. The second-order valence-corrected chi connectivity index (χ2v) is 8.79. The van der Waals surface area contributed by atoms with Gasteiger partial charge >= 0.3 is 0 Å². The third-order valence-corrected chi connectivity index (χ3v) is 6.04. The molecule has 0 atom stereocenters. The van der Waals surface area contributed by atoms with Crippen molar-refractivity contribution in [3.63, 3.8) is 0 Å². The zero-order valence-electron chi connectivity index (χ0n) is 17.4. The molecule has 3 aromatic rings. The molecule has 1 fully saturated rings. The lowest BCUT2D eigenvalue weighted by Gasteiger charge is -2.26. The molecule has 0 saturated heterocycles. The van der Waals surface area contributed by atoms with Crippen molar-refractivity contribution in [2.45, 2.75) is 57.7 Å². The largest absolute Gasteiger partial charge is 0.496 e. The summed E-state index contributed by atoms with van der Waals surface area (Å²) in [4.78, 5) is 14.1. The Balaban J connectivity index is 1.69. The van der Waals surface area contributed by atoms with Crippen LogP contribution < -0.4 is 15.4 Å². The Hall–Kier alpha value is -2.39. The average Bonchev–Trinajstić information content (AvgIpc) is 3.14. The minimum absolute atomic E-state index is 0.195. The minimum atomic E-state index is -0.195. The summed E-state index contributed by atoms with van der Waals surface area (Å²) in [6.07, 6.45) is 5.02. The number of rotatable bonds is 6. The van der Waals surface area contributed by atoms with Gasteiger partial charge in [-0.15, -0.1) is 0 Å². The number of imidazole rings is 1. The molecule has 1 aliphatic rings. The van der Waals surface area contributed by atoms with Gasteiger partial charge in [-0.25, -0.2) is 4.98 Å². The van der Waals surface area contributed by atoms with Gasteiger partial charge in [-0.2, -0.15) is 9.97 Å². The number of methoxy groups -OCH3 is 1. The van der Waals surface area contributed by atoms with Crippen LogP contribution in [0.15, 0.2) is 29.0 Å². The van der Waals surface area contributed by atoms with E-state index in [4.69, 9.17) is 14.7 Å². The first kappa shape index (κ1) is 20.9. The van der Waals surface area contributed by atoms with E-state index >= 15 is 0 Å². The molecular formula is C21H27BrN6O2. The number of nitrogens with one attached hydrogen (secondary N) is 2. The number of halogens is 1. The SMILES string of the molecule is COc1ccc(Nc2nc(NC3CCC(O)CC3)nc3c2ncn3C(C)C)cc1Br. The van der Waals surface area contributed by atoms with Gasteiger partial charge in [0.2, 0.25) is 5.95 Å². The van der Waals surface area contributed by atoms with Gasteiger partial charge < -0.3 is 25.0 Å². The highest BCUT2D eigenvalue weighted by Gasteiger charge is 2.22. The van der Waals surface area contributed by atoms with Crippen molar-refractivity contribution in [2.75, 3.05) is 17.7 Å². The van der Waals surface area contributed by atoms with Gasteiger partial charge in [0.25, 0.3) is 0 Å². The molecule has 0 unspecified atom stereocenters. The lowest BCUT2D eigenvalue weighted by Crippen LogP contribution is -2.29. The number of benzene rings is 1. The second kappa shape index (κ2) is 8.77. The molecular weight excluding hydrogens is 448 g/mol. The summed E-state index contributed by atoms with van der Waals surface area (Å²) in [5, 5.41) is 16.6.